The molecule has 0 saturated carbocycles. The Morgan fingerprint density at radius 3 is 2.40 bits per heavy atom. The van der Waals surface area contributed by atoms with Gasteiger partial charge in [0.05, 0.1) is 10.6 Å². The summed E-state index contributed by atoms with van der Waals surface area (Å²) >= 11 is 5.91. The van der Waals surface area contributed by atoms with Gasteiger partial charge in [-0.2, -0.15) is 0 Å². The fraction of sp³-hybridized carbons (Fsp3) is 0.429. The molecule has 2 atom stereocenters. The standard InChI is InChI=1S/C14H20ClN3O2/c1-9(10(2)16)13(19)17-7-8-18-14(20)11-5-3-4-6-12(11)15/h3-6,9-10H,7-8,16H2,1-2H3,(H,17,19)(H,18,20). The van der Waals surface area contributed by atoms with E-state index in [2.05, 4.69) is 10.6 Å². The molecule has 0 saturated heterocycles. The number of benzene rings is 1. The predicted molar refractivity (Wildman–Crippen MR) is 79.6 cm³/mol. The van der Waals surface area contributed by atoms with Crippen LogP contribution in [-0.4, -0.2) is 30.9 Å². The van der Waals surface area contributed by atoms with Gasteiger partial charge in [-0.1, -0.05) is 30.7 Å². The second kappa shape index (κ2) is 7.87. The Kier molecular flexibility index (Phi) is 6.48. The first-order chi connectivity index (χ1) is 9.43. The number of hydrogen-bond acceptors (Lipinski definition) is 3. The van der Waals surface area contributed by atoms with E-state index in [0.717, 1.165) is 0 Å². The molecule has 6 heteroatoms. The Morgan fingerprint density at radius 2 is 1.80 bits per heavy atom. The smallest absolute Gasteiger partial charge is 0.252 e. The van der Waals surface area contributed by atoms with E-state index in [-0.39, 0.29) is 23.8 Å². The number of nitrogens with one attached hydrogen (secondary N) is 2. The summed E-state index contributed by atoms with van der Waals surface area (Å²) in [5.74, 6) is -0.633. The van der Waals surface area contributed by atoms with E-state index >= 15 is 0 Å². The molecule has 0 aliphatic heterocycles. The van der Waals surface area contributed by atoms with Crippen LogP contribution in [0.15, 0.2) is 24.3 Å². The molecule has 1 rings (SSSR count). The molecule has 2 unspecified atom stereocenters. The molecular formula is C14H20ClN3O2. The van der Waals surface area contributed by atoms with Gasteiger partial charge in [0.1, 0.15) is 0 Å². The van der Waals surface area contributed by atoms with E-state index in [1.54, 1.807) is 38.1 Å². The average molecular weight is 298 g/mol. The van der Waals surface area contributed by atoms with Crippen LogP contribution in [0.2, 0.25) is 5.02 Å². The third kappa shape index (κ3) is 4.83. The van der Waals surface area contributed by atoms with Gasteiger partial charge in [0, 0.05) is 25.0 Å². The molecule has 110 valence electrons. The maximum Gasteiger partial charge on any atom is 0.252 e. The summed E-state index contributed by atoms with van der Waals surface area (Å²) in [6.07, 6.45) is 0. The molecule has 0 aliphatic carbocycles. The SMILES string of the molecule is CC(N)C(C)C(=O)NCCNC(=O)c1ccccc1Cl. The van der Waals surface area contributed by atoms with E-state index in [1.807, 2.05) is 0 Å². The third-order valence-corrected chi connectivity index (χ3v) is 3.36. The second-order valence-corrected chi connectivity index (χ2v) is 5.08. The van der Waals surface area contributed by atoms with Crippen molar-refractivity contribution in [2.45, 2.75) is 19.9 Å². The van der Waals surface area contributed by atoms with Crippen LogP contribution in [0, 0.1) is 5.92 Å². The molecule has 0 aliphatic rings. The van der Waals surface area contributed by atoms with Gasteiger partial charge in [0.25, 0.3) is 5.91 Å². The van der Waals surface area contributed by atoms with Crippen LogP contribution in [-0.2, 0) is 4.79 Å². The Labute approximate surface area is 123 Å². The zero-order chi connectivity index (χ0) is 15.1. The van der Waals surface area contributed by atoms with Crippen molar-refractivity contribution >= 4 is 23.4 Å². The molecule has 1 aromatic carbocycles. The molecular weight excluding hydrogens is 278 g/mol. The van der Waals surface area contributed by atoms with Crippen molar-refractivity contribution in [1.82, 2.24) is 10.6 Å². The molecule has 0 heterocycles. The number of amides is 2. The number of carbonyl (C=O) groups excluding carboxylic acids is 2. The minimum atomic E-state index is -0.259. The first-order valence-corrected chi connectivity index (χ1v) is 6.87. The monoisotopic (exact) mass is 297 g/mol. The van der Waals surface area contributed by atoms with Crippen LogP contribution < -0.4 is 16.4 Å². The van der Waals surface area contributed by atoms with E-state index < -0.39 is 0 Å². The van der Waals surface area contributed by atoms with E-state index in [1.165, 1.54) is 0 Å². The molecule has 0 bridgehead atoms. The summed E-state index contributed by atoms with van der Waals surface area (Å²) < 4.78 is 0. The van der Waals surface area contributed by atoms with Gasteiger partial charge in [0.15, 0.2) is 0 Å². The quantitative estimate of drug-likeness (QED) is 0.689. The highest BCUT2D eigenvalue weighted by Gasteiger charge is 2.16. The molecule has 20 heavy (non-hydrogen) atoms. The maximum absolute atomic E-state index is 11.8. The Balaban J connectivity index is 2.33. The number of nitrogens with two attached hydrogens (primary N) is 1. The highest BCUT2D eigenvalue weighted by Crippen LogP contribution is 2.14. The lowest BCUT2D eigenvalue weighted by Crippen LogP contribution is -2.41. The number of halogens is 1. The summed E-state index contributed by atoms with van der Waals surface area (Å²) in [6.45, 7) is 4.24. The Bertz CT molecular complexity index is 477. The molecule has 0 spiro atoms. The minimum absolute atomic E-state index is 0.119. The normalized spacial score (nSPS) is 13.4. The van der Waals surface area contributed by atoms with Gasteiger partial charge in [-0.15, -0.1) is 0 Å². The van der Waals surface area contributed by atoms with Crippen LogP contribution in [0.1, 0.15) is 24.2 Å². The molecule has 5 nitrogen and oxygen atoms in total. The van der Waals surface area contributed by atoms with Gasteiger partial charge >= 0.3 is 0 Å². The summed E-state index contributed by atoms with van der Waals surface area (Å²) in [7, 11) is 0. The lowest BCUT2D eigenvalue weighted by atomic mass is 10.0. The zero-order valence-electron chi connectivity index (χ0n) is 11.7. The van der Waals surface area contributed by atoms with Gasteiger partial charge in [-0.05, 0) is 19.1 Å². The second-order valence-electron chi connectivity index (χ2n) is 4.67. The first kappa shape index (κ1) is 16.5. The fourth-order valence-corrected chi connectivity index (χ4v) is 1.72. The van der Waals surface area contributed by atoms with E-state index in [4.69, 9.17) is 17.3 Å². The Morgan fingerprint density at radius 1 is 1.20 bits per heavy atom. The lowest BCUT2D eigenvalue weighted by Gasteiger charge is -2.15. The molecule has 0 radical (unpaired) electrons. The Hall–Kier alpha value is -1.59. The lowest BCUT2D eigenvalue weighted by molar-refractivity contribution is -0.124. The highest BCUT2D eigenvalue weighted by molar-refractivity contribution is 6.33. The van der Waals surface area contributed by atoms with Crippen molar-refractivity contribution in [2.75, 3.05) is 13.1 Å². The van der Waals surface area contributed by atoms with Crippen molar-refractivity contribution in [2.24, 2.45) is 11.7 Å². The van der Waals surface area contributed by atoms with Crippen LogP contribution in [0.5, 0.6) is 0 Å². The van der Waals surface area contributed by atoms with Crippen LogP contribution in [0.3, 0.4) is 0 Å². The first-order valence-electron chi connectivity index (χ1n) is 6.49. The molecule has 1 aromatic rings. The van der Waals surface area contributed by atoms with E-state index in [0.29, 0.717) is 23.7 Å². The summed E-state index contributed by atoms with van der Waals surface area (Å²) in [6, 6.07) is 6.60. The summed E-state index contributed by atoms with van der Waals surface area (Å²) in [5.41, 5.74) is 6.06. The van der Waals surface area contributed by atoms with Gasteiger partial charge in [0.2, 0.25) is 5.91 Å². The van der Waals surface area contributed by atoms with Crippen LogP contribution in [0.4, 0.5) is 0 Å². The zero-order valence-corrected chi connectivity index (χ0v) is 12.4. The van der Waals surface area contributed by atoms with Crippen molar-refractivity contribution < 1.29 is 9.59 Å². The third-order valence-electron chi connectivity index (χ3n) is 3.03. The number of carbonyl (C=O) groups is 2. The fourth-order valence-electron chi connectivity index (χ4n) is 1.50. The van der Waals surface area contributed by atoms with Crippen LogP contribution in [0.25, 0.3) is 0 Å². The van der Waals surface area contributed by atoms with Gasteiger partial charge < -0.3 is 16.4 Å². The van der Waals surface area contributed by atoms with Gasteiger partial charge in [-0.25, -0.2) is 0 Å². The molecule has 2 amide bonds. The topological polar surface area (TPSA) is 84.2 Å². The van der Waals surface area contributed by atoms with E-state index in [9.17, 15) is 9.59 Å². The predicted octanol–water partition coefficient (Wildman–Crippen LogP) is 1.17. The minimum Gasteiger partial charge on any atom is -0.354 e. The van der Waals surface area contributed by atoms with Crippen molar-refractivity contribution in [3.05, 3.63) is 34.9 Å². The average Bonchev–Trinajstić information content (AvgIpc) is 2.42. The van der Waals surface area contributed by atoms with Crippen molar-refractivity contribution in [3.8, 4) is 0 Å². The van der Waals surface area contributed by atoms with Gasteiger partial charge in [-0.3, -0.25) is 9.59 Å². The highest BCUT2D eigenvalue weighted by atomic mass is 35.5. The van der Waals surface area contributed by atoms with Crippen LogP contribution >= 0.6 is 11.6 Å². The molecule has 4 N–H and O–H groups in total. The van der Waals surface area contributed by atoms with Crippen molar-refractivity contribution in [1.29, 1.82) is 0 Å². The number of hydrogen-bond donors (Lipinski definition) is 3. The van der Waals surface area contributed by atoms with Crippen molar-refractivity contribution in [3.63, 3.8) is 0 Å². The molecule has 0 fully saturated rings. The summed E-state index contributed by atoms with van der Waals surface area (Å²) in [5, 5.41) is 5.81. The summed E-state index contributed by atoms with van der Waals surface area (Å²) in [4.78, 5) is 23.5. The maximum atomic E-state index is 11.8. The molecule has 0 aromatic heterocycles. The number of rotatable bonds is 6. The largest absolute Gasteiger partial charge is 0.354 e.